The van der Waals surface area contributed by atoms with Crippen molar-refractivity contribution in [3.8, 4) is 11.5 Å². The predicted molar refractivity (Wildman–Crippen MR) is 77.3 cm³/mol. The van der Waals surface area contributed by atoms with Crippen molar-refractivity contribution in [3.63, 3.8) is 0 Å². The van der Waals surface area contributed by atoms with Gasteiger partial charge in [0, 0.05) is 36.6 Å². The molecule has 20 heavy (non-hydrogen) atoms. The molecule has 104 valence electrons. The Labute approximate surface area is 122 Å². The van der Waals surface area contributed by atoms with Crippen LogP contribution in [0.1, 0.15) is 5.56 Å². The smallest absolute Gasteiger partial charge is 0.163 e. The molecule has 0 radical (unpaired) electrons. The minimum atomic E-state index is 0.191. The van der Waals surface area contributed by atoms with Gasteiger partial charge in [-0.25, -0.2) is 0 Å². The molecule has 2 heterocycles. The number of pyridine rings is 1. The standard InChI is InChI=1S/C15H15ClN2O2/c16-12-1-2-14(15(7-12)20-13-8-18-9-13)19-10-11-3-5-17-6-4-11/h1-7,13,18H,8-10H2. The Balaban J connectivity index is 1.71. The third kappa shape index (κ3) is 3.21. The lowest BCUT2D eigenvalue weighted by Crippen LogP contribution is -2.50. The van der Waals surface area contributed by atoms with Gasteiger partial charge in [0.25, 0.3) is 0 Å². The van der Waals surface area contributed by atoms with Crippen molar-refractivity contribution in [2.24, 2.45) is 0 Å². The topological polar surface area (TPSA) is 43.4 Å². The summed E-state index contributed by atoms with van der Waals surface area (Å²) in [6, 6.07) is 9.28. The third-order valence-corrected chi connectivity index (χ3v) is 3.32. The molecular formula is C15H15ClN2O2. The summed E-state index contributed by atoms with van der Waals surface area (Å²) in [7, 11) is 0. The van der Waals surface area contributed by atoms with Gasteiger partial charge in [-0.1, -0.05) is 11.6 Å². The maximum atomic E-state index is 6.02. The van der Waals surface area contributed by atoms with Crippen molar-refractivity contribution < 1.29 is 9.47 Å². The van der Waals surface area contributed by atoms with Crippen LogP contribution < -0.4 is 14.8 Å². The number of nitrogens with one attached hydrogen (secondary N) is 1. The Bertz CT molecular complexity index is 573. The van der Waals surface area contributed by atoms with Crippen LogP contribution in [0.15, 0.2) is 42.7 Å². The lowest BCUT2D eigenvalue weighted by atomic mass is 10.2. The van der Waals surface area contributed by atoms with Crippen LogP contribution >= 0.6 is 11.6 Å². The summed E-state index contributed by atoms with van der Waals surface area (Å²) in [5.74, 6) is 1.40. The molecule has 0 aliphatic carbocycles. The van der Waals surface area contributed by atoms with E-state index in [1.54, 1.807) is 24.5 Å². The van der Waals surface area contributed by atoms with Crippen LogP contribution in [0.4, 0.5) is 0 Å². The Hall–Kier alpha value is -1.78. The highest BCUT2D eigenvalue weighted by Gasteiger charge is 2.20. The molecule has 1 aromatic heterocycles. The Morgan fingerprint density at radius 3 is 2.65 bits per heavy atom. The van der Waals surface area contributed by atoms with Gasteiger partial charge < -0.3 is 14.8 Å². The average Bonchev–Trinajstić information content (AvgIpc) is 2.43. The molecule has 0 saturated carbocycles. The van der Waals surface area contributed by atoms with Gasteiger partial charge in [0.1, 0.15) is 12.7 Å². The van der Waals surface area contributed by atoms with Crippen LogP contribution in [-0.4, -0.2) is 24.2 Å². The van der Waals surface area contributed by atoms with Gasteiger partial charge >= 0.3 is 0 Å². The van der Waals surface area contributed by atoms with Gasteiger partial charge in [-0.2, -0.15) is 0 Å². The fourth-order valence-electron chi connectivity index (χ4n) is 1.86. The van der Waals surface area contributed by atoms with Crippen molar-refractivity contribution in [2.45, 2.75) is 12.7 Å². The molecule has 5 heteroatoms. The number of ether oxygens (including phenoxy) is 2. The molecule has 2 aromatic rings. The van der Waals surface area contributed by atoms with Crippen molar-refractivity contribution in [3.05, 3.63) is 53.3 Å². The average molecular weight is 291 g/mol. The SMILES string of the molecule is Clc1ccc(OCc2ccncc2)c(OC2CNC2)c1. The van der Waals surface area contributed by atoms with Crippen LogP contribution in [0.2, 0.25) is 5.02 Å². The Kier molecular flexibility index (Phi) is 4.04. The molecule has 4 nitrogen and oxygen atoms in total. The molecule has 0 amide bonds. The largest absolute Gasteiger partial charge is 0.485 e. The van der Waals surface area contributed by atoms with E-state index in [4.69, 9.17) is 21.1 Å². The second-order valence-corrected chi connectivity index (χ2v) is 5.07. The summed E-state index contributed by atoms with van der Waals surface area (Å²) in [5.41, 5.74) is 1.06. The summed E-state index contributed by atoms with van der Waals surface area (Å²) in [4.78, 5) is 3.98. The molecule has 1 aliphatic heterocycles. The van der Waals surface area contributed by atoms with Gasteiger partial charge in [-0.3, -0.25) is 4.98 Å². The van der Waals surface area contributed by atoms with E-state index in [1.165, 1.54) is 0 Å². The summed E-state index contributed by atoms with van der Waals surface area (Å²) in [6.45, 7) is 2.19. The molecular weight excluding hydrogens is 276 g/mol. The number of hydrogen-bond donors (Lipinski definition) is 1. The summed E-state index contributed by atoms with van der Waals surface area (Å²) in [5, 5.41) is 3.81. The quantitative estimate of drug-likeness (QED) is 0.919. The minimum Gasteiger partial charge on any atom is -0.485 e. The zero-order chi connectivity index (χ0) is 13.8. The Morgan fingerprint density at radius 2 is 1.95 bits per heavy atom. The Morgan fingerprint density at radius 1 is 1.15 bits per heavy atom. The number of aromatic nitrogens is 1. The highest BCUT2D eigenvalue weighted by atomic mass is 35.5. The van der Waals surface area contributed by atoms with Gasteiger partial charge in [0.15, 0.2) is 11.5 Å². The van der Waals surface area contributed by atoms with Crippen molar-refractivity contribution in [1.82, 2.24) is 10.3 Å². The summed E-state index contributed by atoms with van der Waals surface area (Å²) in [6.07, 6.45) is 3.69. The second-order valence-electron chi connectivity index (χ2n) is 4.63. The molecule has 3 rings (SSSR count). The van der Waals surface area contributed by atoms with E-state index in [0.29, 0.717) is 23.1 Å². The van der Waals surface area contributed by atoms with E-state index in [-0.39, 0.29) is 6.10 Å². The lowest BCUT2D eigenvalue weighted by molar-refractivity contribution is 0.134. The molecule has 1 aliphatic rings. The monoisotopic (exact) mass is 290 g/mol. The highest BCUT2D eigenvalue weighted by molar-refractivity contribution is 6.30. The fraction of sp³-hybridized carbons (Fsp3) is 0.267. The van der Waals surface area contributed by atoms with Crippen molar-refractivity contribution in [2.75, 3.05) is 13.1 Å². The van der Waals surface area contributed by atoms with Crippen LogP contribution in [0.3, 0.4) is 0 Å². The number of benzene rings is 1. The molecule has 1 aromatic carbocycles. The van der Waals surface area contributed by atoms with Gasteiger partial charge in [-0.15, -0.1) is 0 Å². The maximum Gasteiger partial charge on any atom is 0.163 e. The molecule has 0 spiro atoms. The van der Waals surface area contributed by atoms with Crippen LogP contribution in [0.5, 0.6) is 11.5 Å². The number of hydrogen-bond acceptors (Lipinski definition) is 4. The minimum absolute atomic E-state index is 0.191. The van der Waals surface area contributed by atoms with E-state index in [9.17, 15) is 0 Å². The lowest BCUT2D eigenvalue weighted by Gasteiger charge is -2.28. The zero-order valence-corrected chi connectivity index (χ0v) is 11.6. The highest BCUT2D eigenvalue weighted by Crippen LogP contribution is 2.32. The van der Waals surface area contributed by atoms with Crippen LogP contribution in [0, 0.1) is 0 Å². The molecule has 1 saturated heterocycles. The second kappa shape index (κ2) is 6.11. The van der Waals surface area contributed by atoms with Crippen LogP contribution in [-0.2, 0) is 6.61 Å². The predicted octanol–water partition coefficient (Wildman–Crippen LogP) is 2.66. The molecule has 0 unspecified atom stereocenters. The summed E-state index contributed by atoms with van der Waals surface area (Å²) < 4.78 is 11.7. The van der Waals surface area contributed by atoms with E-state index in [2.05, 4.69) is 10.3 Å². The van der Waals surface area contributed by atoms with Crippen LogP contribution in [0.25, 0.3) is 0 Å². The molecule has 1 N–H and O–H groups in total. The normalized spacial score (nSPS) is 14.7. The number of rotatable bonds is 5. The third-order valence-electron chi connectivity index (χ3n) is 3.09. The first-order valence-electron chi connectivity index (χ1n) is 6.50. The molecule has 1 fully saturated rings. The first-order chi connectivity index (χ1) is 9.81. The van der Waals surface area contributed by atoms with Gasteiger partial charge in [0.2, 0.25) is 0 Å². The van der Waals surface area contributed by atoms with Crippen molar-refractivity contribution in [1.29, 1.82) is 0 Å². The molecule has 0 bridgehead atoms. The van der Waals surface area contributed by atoms with E-state index >= 15 is 0 Å². The first-order valence-corrected chi connectivity index (χ1v) is 6.88. The fourth-order valence-corrected chi connectivity index (χ4v) is 2.02. The zero-order valence-electron chi connectivity index (χ0n) is 10.9. The van der Waals surface area contributed by atoms with Gasteiger partial charge in [0.05, 0.1) is 0 Å². The van der Waals surface area contributed by atoms with E-state index in [0.717, 1.165) is 18.7 Å². The van der Waals surface area contributed by atoms with E-state index < -0.39 is 0 Å². The first kappa shape index (κ1) is 13.2. The summed E-state index contributed by atoms with van der Waals surface area (Å²) >= 11 is 6.02. The van der Waals surface area contributed by atoms with Gasteiger partial charge in [-0.05, 0) is 29.8 Å². The van der Waals surface area contributed by atoms with Crippen molar-refractivity contribution >= 4 is 11.6 Å². The number of nitrogens with zero attached hydrogens (tertiary/aromatic N) is 1. The maximum absolute atomic E-state index is 6.02. The molecule has 0 atom stereocenters. The number of halogens is 1. The van der Waals surface area contributed by atoms with E-state index in [1.807, 2.05) is 18.2 Å².